The zero-order valence-corrected chi connectivity index (χ0v) is 11.2. The third-order valence-electron chi connectivity index (χ3n) is 2.73. The second kappa shape index (κ2) is 6.54. The predicted octanol–water partition coefficient (Wildman–Crippen LogP) is 2.07. The minimum absolute atomic E-state index is 0.0767. The van der Waals surface area contributed by atoms with E-state index in [1.807, 2.05) is 0 Å². The van der Waals surface area contributed by atoms with E-state index in [0.717, 1.165) is 0 Å². The molecule has 5 heteroatoms. The van der Waals surface area contributed by atoms with Crippen LogP contribution in [-0.4, -0.2) is 31.0 Å². The maximum absolute atomic E-state index is 11.6. The standard InChI is InChI=1S/C13H18O4S/c1-2-9-18(16,17)10-8-12(13(14)15)11-6-4-3-5-7-11/h3-7,12H,2,8-10H2,1H3,(H,14,15). The molecule has 0 radical (unpaired) electrons. The average molecular weight is 270 g/mol. The van der Waals surface area contributed by atoms with Crippen molar-refractivity contribution in [2.45, 2.75) is 25.7 Å². The lowest BCUT2D eigenvalue weighted by molar-refractivity contribution is -0.138. The van der Waals surface area contributed by atoms with Gasteiger partial charge in [-0.1, -0.05) is 37.3 Å². The summed E-state index contributed by atoms with van der Waals surface area (Å²) in [6.07, 6.45) is 0.688. The molecule has 0 aliphatic rings. The molecular weight excluding hydrogens is 252 g/mol. The summed E-state index contributed by atoms with van der Waals surface area (Å²) in [6, 6.07) is 8.74. The molecule has 100 valence electrons. The summed E-state index contributed by atoms with van der Waals surface area (Å²) in [7, 11) is -3.13. The zero-order valence-electron chi connectivity index (χ0n) is 10.4. The summed E-state index contributed by atoms with van der Waals surface area (Å²) in [5, 5.41) is 9.16. The Morgan fingerprint density at radius 2 is 1.83 bits per heavy atom. The minimum Gasteiger partial charge on any atom is -0.481 e. The van der Waals surface area contributed by atoms with E-state index >= 15 is 0 Å². The monoisotopic (exact) mass is 270 g/mol. The first kappa shape index (κ1) is 14.7. The van der Waals surface area contributed by atoms with Crippen LogP contribution in [0.5, 0.6) is 0 Å². The fourth-order valence-corrected chi connectivity index (χ4v) is 3.25. The first-order chi connectivity index (χ1) is 8.46. The van der Waals surface area contributed by atoms with Gasteiger partial charge in [-0.15, -0.1) is 0 Å². The predicted molar refractivity (Wildman–Crippen MR) is 70.4 cm³/mol. The molecule has 1 aromatic rings. The molecule has 1 unspecified atom stereocenters. The second-order valence-corrected chi connectivity index (χ2v) is 6.55. The number of benzene rings is 1. The molecule has 1 rings (SSSR count). The molecule has 0 aromatic heterocycles. The molecule has 0 aliphatic heterocycles. The van der Waals surface area contributed by atoms with Crippen LogP contribution in [0.2, 0.25) is 0 Å². The molecule has 0 saturated carbocycles. The van der Waals surface area contributed by atoms with E-state index in [0.29, 0.717) is 12.0 Å². The van der Waals surface area contributed by atoms with Crippen LogP contribution in [0, 0.1) is 0 Å². The summed E-state index contributed by atoms with van der Waals surface area (Å²) in [6.45, 7) is 1.80. The van der Waals surface area contributed by atoms with Crippen LogP contribution in [0.1, 0.15) is 31.2 Å². The van der Waals surface area contributed by atoms with E-state index in [9.17, 15) is 13.2 Å². The van der Waals surface area contributed by atoms with Gasteiger partial charge in [0.15, 0.2) is 0 Å². The average Bonchev–Trinajstić information content (AvgIpc) is 2.30. The first-order valence-electron chi connectivity index (χ1n) is 5.94. The smallest absolute Gasteiger partial charge is 0.311 e. The Kier molecular flexibility index (Phi) is 5.34. The molecule has 18 heavy (non-hydrogen) atoms. The summed E-state index contributed by atoms with van der Waals surface area (Å²) in [4.78, 5) is 11.2. The maximum atomic E-state index is 11.6. The van der Waals surface area contributed by atoms with Crippen LogP contribution in [0.4, 0.5) is 0 Å². The van der Waals surface area contributed by atoms with Crippen LogP contribution < -0.4 is 0 Å². The molecule has 0 fully saturated rings. The van der Waals surface area contributed by atoms with Crippen molar-refractivity contribution in [2.75, 3.05) is 11.5 Å². The summed E-state index contributed by atoms with van der Waals surface area (Å²) in [5.74, 6) is -1.69. The zero-order chi connectivity index (χ0) is 13.6. The lowest BCUT2D eigenvalue weighted by Gasteiger charge is -2.12. The Morgan fingerprint density at radius 1 is 1.22 bits per heavy atom. The molecule has 1 N–H and O–H groups in total. The van der Waals surface area contributed by atoms with Crippen molar-refractivity contribution in [3.63, 3.8) is 0 Å². The third-order valence-corrected chi connectivity index (χ3v) is 4.62. The highest BCUT2D eigenvalue weighted by Gasteiger charge is 2.22. The van der Waals surface area contributed by atoms with Crippen LogP contribution >= 0.6 is 0 Å². The Hall–Kier alpha value is -1.36. The van der Waals surface area contributed by atoms with Crippen molar-refractivity contribution < 1.29 is 18.3 Å². The number of aliphatic carboxylic acids is 1. The molecule has 0 heterocycles. The van der Waals surface area contributed by atoms with Gasteiger partial charge in [0.05, 0.1) is 11.7 Å². The van der Waals surface area contributed by atoms with Gasteiger partial charge >= 0.3 is 5.97 Å². The van der Waals surface area contributed by atoms with Crippen LogP contribution in [0.25, 0.3) is 0 Å². The highest BCUT2D eigenvalue weighted by Crippen LogP contribution is 2.20. The van der Waals surface area contributed by atoms with Gasteiger partial charge in [0.2, 0.25) is 0 Å². The summed E-state index contributed by atoms with van der Waals surface area (Å²) >= 11 is 0. The van der Waals surface area contributed by atoms with E-state index in [1.54, 1.807) is 37.3 Å². The second-order valence-electron chi connectivity index (χ2n) is 4.24. The molecule has 0 bridgehead atoms. The van der Waals surface area contributed by atoms with Crippen molar-refractivity contribution in [1.29, 1.82) is 0 Å². The van der Waals surface area contributed by atoms with Crippen molar-refractivity contribution in [3.8, 4) is 0 Å². The SMILES string of the molecule is CCCS(=O)(=O)CCC(C(=O)O)c1ccccc1. The number of hydrogen-bond acceptors (Lipinski definition) is 3. The fourth-order valence-electron chi connectivity index (χ4n) is 1.83. The van der Waals surface area contributed by atoms with Gasteiger partial charge in [-0.2, -0.15) is 0 Å². The molecule has 0 saturated heterocycles. The topological polar surface area (TPSA) is 71.4 Å². The number of carbonyl (C=O) groups is 1. The summed E-state index contributed by atoms with van der Waals surface area (Å²) in [5.41, 5.74) is 0.650. The molecule has 1 aromatic carbocycles. The van der Waals surface area contributed by atoms with E-state index in [4.69, 9.17) is 5.11 Å². The Balaban J connectivity index is 2.75. The molecule has 0 spiro atoms. The fraction of sp³-hybridized carbons (Fsp3) is 0.462. The van der Waals surface area contributed by atoms with Crippen molar-refractivity contribution in [3.05, 3.63) is 35.9 Å². The lowest BCUT2D eigenvalue weighted by Crippen LogP contribution is -2.18. The normalized spacial score (nSPS) is 13.2. The van der Waals surface area contributed by atoms with Crippen LogP contribution in [0.3, 0.4) is 0 Å². The van der Waals surface area contributed by atoms with Gasteiger partial charge in [-0.05, 0) is 18.4 Å². The van der Waals surface area contributed by atoms with Gasteiger partial charge in [-0.25, -0.2) is 8.42 Å². The van der Waals surface area contributed by atoms with Gasteiger partial charge in [0.25, 0.3) is 0 Å². The maximum Gasteiger partial charge on any atom is 0.311 e. The molecule has 0 aliphatic carbocycles. The van der Waals surface area contributed by atoms with E-state index in [2.05, 4.69) is 0 Å². The van der Waals surface area contributed by atoms with Gasteiger partial charge < -0.3 is 5.11 Å². The van der Waals surface area contributed by atoms with E-state index in [1.165, 1.54) is 0 Å². The number of carboxylic acid groups (broad SMARTS) is 1. The Bertz CT molecular complexity index is 479. The Morgan fingerprint density at radius 3 is 2.33 bits per heavy atom. The quantitative estimate of drug-likeness (QED) is 0.823. The lowest BCUT2D eigenvalue weighted by atomic mass is 9.97. The number of hydrogen-bond donors (Lipinski definition) is 1. The number of sulfone groups is 1. The molecule has 0 amide bonds. The molecular formula is C13H18O4S. The van der Waals surface area contributed by atoms with Gasteiger partial charge in [-0.3, -0.25) is 4.79 Å². The first-order valence-corrected chi connectivity index (χ1v) is 7.76. The van der Waals surface area contributed by atoms with Gasteiger partial charge in [0, 0.05) is 5.75 Å². The van der Waals surface area contributed by atoms with Crippen molar-refractivity contribution in [2.24, 2.45) is 0 Å². The molecule has 4 nitrogen and oxygen atoms in total. The Labute approximate surface area is 108 Å². The van der Waals surface area contributed by atoms with E-state index in [-0.39, 0.29) is 17.9 Å². The highest BCUT2D eigenvalue weighted by atomic mass is 32.2. The number of rotatable bonds is 7. The largest absolute Gasteiger partial charge is 0.481 e. The minimum atomic E-state index is -3.13. The van der Waals surface area contributed by atoms with Gasteiger partial charge in [0.1, 0.15) is 9.84 Å². The van der Waals surface area contributed by atoms with Crippen LogP contribution in [0.15, 0.2) is 30.3 Å². The molecule has 1 atom stereocenters. The van der Waals surface area contributed by atoms with Crippen molar-refractivity contribution in [1.82, 2.24) is 0 Å². The highest BCUT2D eigenvalue weighted by molar-refractivity contribution is 7.91. The third kappa shape index (κ3) is 4.49. The van der Waals surface area contributed by atoms with E-state index < -0.39 is 21.7 Å². The van der Waals surface area contributed by atoms with Crippen LogP contribution in [-0.2, 0) is 14.6 Å². The summed E-state index contributed by atoms with van der Waals surface area (Å²) < 4.78 is 23.2. The van der Waals surface area contributed by atoms with Crippen molar-refractivity contribution >= 4 is 15.8 Å². The number of carboxylic acids is 1.